The maximum atomic E-state index is 12.2. The molecule has 2 rings (SSSR count). The summed E-state index contributed by atoms with van der Waals surface area (Å²) in [7, 11) is -2.15. The highest BCUT2D eigenvalue weighted by atomic mass is 35.5. The number of hydrogen-bond acceptors (Lipinski definition) is 3. The van der Waals surface area contributed by atoms with Gasteiger partial charge in [-0.25, -0.2) is 4.98 Å². The van der Waals surface area contributed by atoms with Gasteiger partial charge in [-0.05, 0) is 36.4 Å². The van der Waals surface area contributed by atoms with Crippen molar-refractivity contribution in [2.75, 3.05) is 11.4 Å². The number of halogens is 1. The third kappa shape index (κ3) is 2.47. The fourth-order valence-electron chi connectivity index (χ4n) is 1.43. The number of nitrogens with zero attached hydrogens (tertiary/aromatic N) is 2. The zero-order chi connectivity index (χ0) is 13.2. The van der Waals surface area contributed by atoms with Crippen LogP contribution in [0.2, 0.25) is 5.02 Å². The van der Waals surface area contributed by atoms with Gasteiger partial charge in [0.15, 0.2) is 5.03 Å². The molecule has 0 atom stereocenters. The van der Waals surface area contributed by atoms with Crippen molar-refractivity contribution < 1.29 is 8.42 Å². The second-order valence-corrected chi connectivity index (χ2v) is 5.97. The van der Waals surface area contributed by atoms with Gasteiger partial charge in [0.2, 0.25) is 0 Å². The molecular formula is C12H11ClN2O2S. The average Bonchev–Trinajstić information content (AvgIpc) is 2.40. The summed E-state index contributed by atoms with van der Waals surface area (Å²) in [5, 5.41) is 0.574. The van der Waals surface area contributed by atoms with Crippen molar-refractivity contribution in [1.29, 1.82) is 0 Å². The molecule has 6 heteroatoms. The number of benzene rings is 1. The van der Waals surface area contributed by atoms with Gasteiger partial charge >= 0.3 is 0 Å². The van der Waals surface area contributed by atoms with E-state index < -0.39 is 10.0 Å². The zero-order valence-electron chi connectivity index (χ0n) is 9.62. The summed E-state index contributed by atoms with van der Waals surface area (Å²) in [6.07, 6.45) is 1.45. The van der Waals surface area contributed by atoms with Crippen molar-refractivity contribution in [3.05, 3.63) is 53.7 Å². The molecule has 0 bridgehead atoms. The summed E-state index contributed by atoms with van der Waals surface area (Å²) in [4.78, 5) is 3.86. The van der Waals surface area contributed by atoms with Crippen LogP contribution in [-0.2, 0) is 10.0 Å². The van der Waals surface area contributed by atoms with Gasteiger partial charge in [0, 0.05) is 18.3 Å². The van der Waals surface area contributed by atoms with E-state index in [2.05, 4.69) is 4.98 Å². The molecule has 1 aromatic heterocycles. The van der Waals surface area contributed by atoms with Gasteiger partial charge in [-0.15, -0.1) is 0 Å². The van der Waals surface area contributed by atoms with Crippen LogP contribution in [0.5, 0.6) is 0 Å². The van der Waals surface area contributed by atoms with Crippen molar-refractivity contribution in [3.8, 4) is 0 Å². The van der Waals surface area contributed by atoms with Crippen molar-refractivity contribution in [2.24, 2.45) is 0 Å². The average molecular weight is 283 g/mol. The van der Waals surface area contributed by atoms with Crippen molar-refractivity contribution in [1.82, 2.24) is 4.98 Å². The van der Waals surface area contributed by atoms with Crippen LogP contribution in [0.4, 0.5) is 5.69 Å². The van der Waals surface area contributed by atoms with E-state index in [0.29, 0.717) is 10.7 Å². The Hall–Kier alpha value is -1.59. The van der Waals surface area contributed by atoms with Crippen LogP contribution in [0.25, 0.3) is 0 Å². The molecule has 18 heavy (non-hydrogen) atoms. The normalized spacial score (nSPS) is 11.2. The van der Waals surface area contributed by atoms with Crippen LogP contribution in [-0.4, -0.2) is 20.4 Å². The lowest BCUT2D eigenvalue weighted by Crippen LogP contribution is -2.27. The molecule has 0 saturated heterocycles. The van der Waals surface area contributed by atoms with Gasteiger partial charge in [0.25, 0.3) is 10.0 Å². The second-order valence-electron chi connectivity index (χ2n) is 3.62. The highest BCUT2D eigenvalue weighted by molar-refractivity contribution is 7.92. The fourth-order valence-corrected chi connectivity index (χ4v) is 2.68. The van der Waals surface area contributed by atoms with Gasteiger partial charge < -0.3 is 0 Å². The molecule has 0 saturated carbocycles. The van der Waals surface area contributed by atoms with Gasteiger partial charge in [-0.3, -0.25) is 4.31 Å². The molecule has 0 aliphatic rings. The lowest BCUT2D eigenvalue weighted by Gasteiger charge is -2.18. The molecule has 4 nitrogen and oxygen atoms in total. The van der Waals surface area contributed by atoms with Crippen LogP contribution in [0.1, 0.15) is 0 Å². The van der Waals surface area contributed by atoms with Crippen molar-refractivity contribution in [3.63, 3.8) is 0 Å². The number of hydrogen-bond donors (Lipinski definition) is 0. The minimum absolute atomic E-state index is 0.0162. The first-order chi connectivity index (χ1) is 8.51. The molecule has 0 unspecified atom stereocenters. The zero-order valence-corrected chi connectivity index (χ0v) is 11.2. The van der Waals surface area contributed by atoms with Crippen molar-refractivity contribution >= 4 is 27.3 Å². The number of anilines is 1. The third-order valence-corrected chi connectivity index (χ3v) is 4.41. The molecule has 0 aliphatic carbocycles. The number of pyridine rings is 1. The van der Waals surface area contributed by atoms with E-state index in [4.69, 9.17) is 11.6 Å². The summed E-state index contributed by atoms with van der Waals surface area (Å²) < 4.78 is 25.7. The van der Waals surface area contributed by atoms with Crippen LogP contribution in [0, 0.1) is 0 Å². The number of rotatable bonds is 3. The molecule has 94 valence electrons. The van der Waals surface area contributed by atoms with E-state index >= 15 is 0 Å². The maximum absolute atomic E-state index is 12.2. The van der Waals surface area contributed by atoms with Gasteiger partial charge in [0.05, 0.1) is 5.69 Å². The van der Waals surface area contributed by atoms with Gasteiger partial charge in [-0.2, -0.15) is 8.42 Å². The van der Waals surface area contributed by atoms with Crippen LogP contribution in [0.15, 0.2) is 53.7 Å². The fraction of sp³-hybridized carbons (Fsp3) is 0.0833. The van der Waals surface area contributed by atoms with Crippen LogP contribution in [0.3, 0.4) is 0 Å². The number of sulfonamides is 1. The van der Waals surface area contributed by atoms with E-state index in [0.717, 1.165) is 0 Å². The first-order valence-corrected chi connectivity index (χ1v) is 6.99. The molecule has 1 heterocycles. The Balaban J connectivity index is 2.39. The summed E-state index contributed by atoms with van der Waals surface area (Å²) in [5.74, 6) is 0. The van der Waals surface area contributed by atoms with Crippen LogP contribution < -0.4 is 4.31 Å². The molecule has 0 radical (unpaired) electrons. The topological polar surface area (TPSA) is 50.3 Å². The van der Waals surface area contributed by atoms with E-state index in [9.17, 15) is 8.42 Å². The molecule has 0 N–H and O–H groups in total. The largest absolute Gasteiger partial charge is 0.281 e. The van der Waals surface area contributed by atoms with E-state index in [1.54, 1.807) is 36.4 Å². The first kappa shape index (κ1) is 12.9. The first-order valence-electron chi connectivity index (χ1n) is 5.17. The Kier molecular flexibility index (Phi) is 3.54. The summed E-state index contributed by atoms with van der Waals surface area (Å²) in [6, 6.07) is 11.3. The monoisotopic (exact) mass is 282 g/mol. The quantitative estimate of drug-likeness (QED) is 0.869. The van der Waals surface area contributed by atoms with E-state index in [-0.39, 0.29) is 5.03 Å². The van der Waals surface area contributed by atoms with E-state index in [1.165, 1.54) is 23.6 Å². The Morgan fingerprint density at radius 2 is 1.78 bits per heavy atom. The van der Waals surface area contributed by atoms with E-state index in [1.807, 2.05) is 0 Å². The highest BCUT2D eigenvalue weighted by Crippen LogP contribution is 2.22. The minimum atomic E-state index is -3.63. The smallest absolute Gasteiger partial charge is 0.268 e. The Morgan fingerprint density at radius 3 is 2.33 bits per heavy atom. The highest BCUT2D eigenvalue weighted by Gasteiger charge is 2.22. The molecule has 2 aromatic rings. The molecule has 0 amide bonds. The summed E-state index contributed by atoms with van der Waals surface area (Å²) in [6.45, 7) is 0. The lowest BCUT2D eigenvalue weighted by atomic mass is 10.3. The summed E-state index contributed by atoms with van der Waals surface area (Å²) in [5.41, 5.74) is 0.532. The van der Waals surface area contributed by atoms with Gasteiger partial charge in [0.1, 0.15) is 0 Å². The third-order valence-electron chi connectivity index (χ3n) is 2.45. The lowest BCUT2D eigenvalue weighted by molar-refractivity contribution is 0.590. The van der Waals surface area contributed by atoms with Gasteiger partial charge in [-0.1, -0.05) is 17.7 Å². The standard InChI is InChI=1S/C12H11ClN2O2S/c1-15(11-7-5-10(13)6-8-11)18(16,17)12-4-2-3-9-14-12/h2-9H,1H3. The molecule has 0 aliphatic heterocycles. The SMILES string of the molecule is CN(c1ccc(Cl)cc1)S(=O)(=O)c1ccccn1. The minimum Gasteiger partial charge on any atom is -0.268 e. The predicted octanol–water partition coefficient (Wildman–Crippen LogP) is 2.56. The second kappa shape index (κ2) is 4.96. The maximum Gasteiger partial charge on any atom is 0.281 e. The Morgan fingerprint density at radius 1 is 1.11 bits per heavy atom. The number of aromatic nitrogens is 1. The molecule has 0 fully saturated rings. The van der Waals surface area contributed by atoms with Crippen LogP contribution >= 0.6 is 11.6 Å². The predicted molar refractivity (Wildman–Crippen MR) is 71.3 cm³/mol. The Labute approximate surface area is 111 Å². The summed E-state index contributed by atoms with van der Waals surface area (Å²) >= 11 is 5.77. The molecule has 1 aromatic carbocycles. The molecular weight excluding hydrogens is 272 g/mol. The molecule has 0 spiro atoms. The Bertz CT molecular complexity index is 627. The van der Waals surface area contributed by atoms with Crippen molar-refractivity contribution in [2.45, 2.75) is 5.03 Å².